The highest BCUT2D eigenvalue weighted by molar-refractivity contribution is 5.99. The molecule has 0 spiro atoms. The molecule has 0 heterocycles. The van der Waals surface area contributed by atoms with Gasteiger partial charge in [-0.1, -0.05) is 5.11 Å². The third-order valence-corrected chi connectivity index (χ3v) is 4.23. The zero-order valence-electron chi connectivity index (χ0n) is 20.5. The van der Waals surface area contributed by atoms with Gasteiger partial charge in [0.05, 0.1) is 39.6 Å². The summed E-state index contributed by atoms with van der Waals surface area (Å²) >= 11 is 0. The second-order valence-corrected chi connectivity index (χ2v) is 7.45. The van der Waals surface area contributed by atoms with Gasteiger partial charge >= 0.3 is 5.97 Å². The summed E-state index contributed by atoms with van der Waals surface area (Å²) < 4.78 is 15.8. The normalized spacial score (nSPS) is 11.1. The highest BCUT2D eigenvalue weighted by Crippen LogP contribution is 2.03. The number of hydrogen-bond acceptors (Lipinski definition) is 8. The SMILES string of the molecule is CC(C)=C(NC(=O)CCCC(=O)NCCOCCOCCOCCN=[N+]=[N-])C(=O)N[C@@H](C)C(=O)O. The van der Waals surface area contributed by atoms with Gasteiger partial charge in [-0.15, -0.1) is 0 Å². The van der Waals surface area contributed by atoms with Crippen LogP contribution in [0.3, 0.4) is 0 Å². The number of hydrogen-bond donors (Lipinski definition) is 4. The van der Waals surface area contributed by atoms with Gasteiger partial charge in [0, 0.05) is 30.8 Å². The van der Waals surface area contributed by atoms with Crippen molar-refractivity contribution >= 4 is 23.7 Å². The fourth-order valence-electron chi connectivity index (χ4n) is 2.39. The number of ether oxygens (including phenoxy) is 3. The van der Waals surface area contributed by atoms with Crippen LogP contribution in [0.1, 0.15) is 40.0 Å². The third kappa shape index (κ3) is 17.9. The lowest BCUT2D eigenvalue weighted by molar-refractivity contribution is -0.140. The van der Waals surface area contributed by atoms with E-state index in [9.17, 15) is 19.2 Å². The maximum Gasteiger partial charge on any atom is 0.325 e. The molecule has 0 saturated heterocycles. The van der Waals surface area contributed by atoms with Crippen LogP contribution < -0.4 is 16.0 Å². The topological polar surface area (TPSA) is 201 Å². The van der Waals surface area contributed by atoms with E-state index in [4.69, 9.17) is 24.8 Å². The van der Waals surface area contributed by atoms with Crippen LogP contribution in [-0.2, 0) is 33.4 Å². The maximum atomic E-state index is 12.2. The van der Waals surface area contributed by atoms with E-state index in [1.165, 1.54) is 6.92 Å². The minimum Gasteiger partial charge on any atom is -0.480 e. The van der Waals surface area contributed by atoms with E-state index in [1.807, 2.05) is 0 Å². The Labute approximate surface area is 204 Å². The summed E-state index contributed by atoms with van der Waals surface area (Å²) in [6.45, 7) is 7.33. The molecule has 0 aromatic carbocycles. The van der Waals surface area contributed by atoms with Crippen molar-refractivity contribution < 1.29 is 38.5 Å². The predicted octanol–water partition coefficient (Wildman–Crippen LogP) is 0.632. The Hall–Kier alpha value is -3.19. The van der Waals surface area contributed by atoms with Crippen molar-refractivity contribution in [2.24, 2.45) is 5.11 Å². The summed E-state index contributed by atoms with van der Waals surface area (Å²) in [5, 5.41) is 19.7. The third-order valence-electron chi connectivity index (χ3n) is 4.23. The molecule has 0 aromatic rings. The van der Waals surface area contributed by atoms with Gasteiger partial charge in [0.15, 0.2) is 0 Å². The number of nitrogens with one attached hydrogen (secondary N) is 3. The Morgan fingerprint density at radius 2 is 1.51 bits per heavy atom. The van der Waals surface area contributed by atoms with Crippen LogP contribution in [0, 0.1) is 0 Å². The van der Waals surface area contributed by atoms with Crippen LogP contribution in [-0.4, -0.2) is 87.6 Å². The van der Waals surface area contributed by atoms with E-state index in [-0.39, 0.29) is 37.4 Å². The molecular weight excluding hydrogens is 464 g/mol. The number of nitrogens with zero attached hydrogens (tertiary/aromatic N) is 3. The van der Waals surface area contributed by atoms with E-state index in [1.54, 1.807) is 13.8 Å². The molecule has 0 bridgehead atoms. The van der Waals surface area contributed by atoms with Gasteiger partial charge in [0.2, 0.25) is 11.8 Å². The first kappa shape index (κ1) is 31.8. The largest absolute Gasteiger partial charge is 0.480 e. The van der Waals surface area contributed by atoms with Crippen LogP contribution in [0.4, 0.5) is 0 Å². The molecule has 1 atom stereocenters. The van der Waals surface area contributed by atoms with Gasteiger partial charge in [-0.3, -0.25) is 19.2 Å². The Balaban J connectivity index is 3.86. The molecule has 0 saturated carbocycles. The van der Waals surface area contributed by atoms with Gasteiger partial charge in [-0.2, -0.15) is 0 Å². The molecule has 0 aliphatic heterocycles. The van der Waals surface area contributed by atoms with Crippen LogP contribution in [0.25, 0.3) is 10.4 Å². The van der Waals surface area contributed by atoms with Crippen LogP contribution in [0.5, 0.6) is 0 Å². The predicted molar refractivity (Wildman–Crippen MR) is 125 cm³/mol. The molecule has 0 rings (SSSR count). The van der Waals surface area contributed by atoms with E-state index >= 15 is 0 Å². The molecule has 0 aliphatic carbocycles. The molecule has 3 amide bonds. The van der Waals surface area contributed by atoms with Crippen molar-refractivity contribution in [3.8, 4) is 0 Å². The Bertz CT molecular complexity index is 763. The van der Waals surface area contributed by atoms with Crippen LogP contribution in [0.15, 0.2) is 16.4 Å². The van der Waals surface area contributed by atoms with Crippen LogP contribution in [0.2, 0.25) is 0 Å². The first-order valence-corrected chi connectivity index (χ1v) is 11.2. The van der Waals surface area contributed by atoms with Crippen molar-refractivity contribution in [1.82, 2.24) is 16.0 Å². The number of carbonyl (C=O) groups is 4. The van der Waals surface area contributed by atoms with E-state index in [0.717, 1.165) is 0 Å². The Kier molecular flexibility index (Phi) is 18.4. The molecule has 14 nitrogen and oxygen atoms in total. The first-order chi connectivity index (χ1) is 16.7. The van der Waals surface area contributed by atoms with Gasteiger partial charge in [-0.05, 0) is 38.3 Å². The lowest BCUT2D eigenvalue weighted by Gasteiger charge is -2.14. The molecule has 0 aromatic heterocycles. The quantitative estimate of drug-likeness (QED) is 0.0612. The monoisotopic (exact) mass is 500 g/mol. The Morgan fingerprint density at radius 1 is 0.943 bits per heavy atom. The van der Waals surface area contributed by atoms with E-state index < -0.39 is 23.8 Å². The number of azide groups is 1. The number of amides is 3. The van der Waals surface area contributed by atoms with Crippen molar-refractivity contribution in [2.45, 2.75) is 46.1 Å². The summed E-state index contributed by atoms with van der Waals surface area (Å²) in [6, 6.07) is -1.10. The summed E-state index contributed by atoms with van der Waals surface area (Å²) in [5.41, 5.74) is 8.62. The number of aliphatic carboxylic acids is 1. The molecule has 0 fully saturated rings. The molecule has 0 unspecified atom stereocenters. The molecule has 35 heavy (non-hydrogen) atoms. The fraction of sp³-hybridized carbons (Fsp3) is 0.714. The van der Waals surface area contributed by atoms with Crippen molar-refractivity contribution in [3.05, 3.63) is 21.7 Å². The average molecular weight is 501 g/mol. The average Bonchev–Trinajstić information content (AvgIpc) is 2.80. The summed E-state index contributed by atoms with van der Waals surface area (Å²) in [5.74, 6) is -2.56. The molecule has 198 valence electrons. The number of carbonyl (C=O) groups excluding carboxylic acids is 3. The Morgan fingerprint density at radius 3 is 2.09 bits per heavy atom. The number of carboxylic acid groups (broad SMARTS) is 1. The summed E-state index contributed by atoms with van der Waals surface area (Å²) in [7, 11) is 0. The van der Waals surface area contributed by atoms with Gasteiger partial charge in [-0.25, -0.2) is 0 Å². The van der Waals surface area contributed by atoms with Crippen molar-refractivity contribution in [1.29, 1.82) is 0 Å². The molecule has 0 radical (unpaired) electrons. The van der Waals surface area contributed by atoms with Crippen LogP contribution >= 0.6 is 0 Å². The minimum atomic E-state index is -1.19. The van der Waals surface area contributed by atoms with E-state index in [2.05, 4.69) is 26.0 Å². The van der Waals surface area contributed by atoms with Crippen molar-refractivity contribution in [3.63, 3.8) is 0 Å². The molecule has 0 aliphatic rings. The van der Waals surface area contributed by atoms with Gasteiger partial charge in [0.1, 0.15) is 11.7 Å². The molecule has 14 heteroatoms. The lowest BCUT2D eigenvalue weighted by atomic mass is 10.2. The zero-order chi connectivity index (χ0) is 26.5. The second-order valence-electron chi connectivity index (χ2n) is 7.45. The minimum absolute atomic E-state index is 0.00784. The maximum absolute atomic E-state index is 12.2. The lowest BCUT2D eigenvalue weighted by Crippen LogP contribution is -2.43. The first-order valence-electron chi connectivity index (χ1n) is 11.2. The zero-order valence-corrected chi connectivity index (χ0v) is 20.5. The highest BCUT2D eigenvalue weighted by atomic mass is 16.5. The van der Waals surface area contributed by atoms with Crippen molar-refractivity contribution in [2.75, 3.05) is 52.7 Å². The smallest absolute Gasteiger partial charge is 0.325 e. The molecular formula is C21H36N6O8. The summed E-state index contributed by atoms with van der Waals surface area (Å²) in [4.78, 5) is 49.6. The number of carboxylic acids is 1. The second kappa shape index (κ2) is 20.2. The molecule has 4 N–H and O–H groups in total. The van der Waals surface area contributed by atoms with Gasteiger partial charge < -0.3 is 35.3 Å². The van der Waals surface area contributed by atoms with Gasteiger partial charge in [0.25, 0.3) is 5.91 Å². The fourth-order valence-corrected chi connectivity index (χ4v) is 2.39. The summed E-state index contributed by atoms with van der Waals surface area (Å²) in [6.07, 6.45) is 0.429. The number of allylic oxidation sites excluding steroid dienone is 1. The van der Waals surface area contributed by atoms with E-state index in [0.29, 0.717) is 51.8 Å². The highest BCUT2D eigenvalue weighted by Gasteiger charge is 2.19. The number of rotatable bonds is 20. The standard InChI is InChI=1S/C21H36N6O8/c1-15(2)19(20(30)25-16(3)21(31)32)26-18(29)6-4-5-17(28)23-7-9-33-11-13-35-14-12-34-10-8-24-27-22/h16H,4-14H2,1-3H3,(H,23,28)(H,25,30)(H,26,29)(H,31,32)/t16-/m0/s1.